The Balaban J connectivity index is 1.68. The normalized spacial score (nSPS) is 17.0. The lowest BCUT2D eigenvalue weighted by atomic mass is 9.89. The molecule has 1 saturated carbocycles. The minimum Gasteiger partial charge on any atom is -0.335 e. The van der Waals surface area contributed by atoms with E-state index in [-0.39, 0.29) is 11.3 Å². The lowest BCUT2D eigenvalue weighted by Gasteiger charge is -2.21. The van der Waals surface area contributed by atoms with Crippen molar-refractivity contribution in [2.45, 2.75) is 50.9 Å². The number of alkyl halides is 3. The van der Waals surface area contributed by atoms with E-state index < -0.39 is 18.1 Å². The van der Waals surface area contributed by atoms with Gasteiger partial charge in [0.25, 0.3) is 5.91 Å². The van der Waals surface area contributed by atoms with E-state index in [1.165, 1.54) is 48.5 Å². The zero-order chi connectivity index (χ0) is 18.6. The fourth-order valence-corrected chi connectivity index (χ4v) is 3.23. The average Bonchev–Trinajstić information content (AvgIpc) is 3.09. The fourth-order valence-electron chi connectivity index (χ4n) is 3.23. The summed E-state index contributed by atoms with van der Waals surface area (Å²) in [5, 5.41) is 9.60. The van der Waals surface area contributed by atoms with E-state index in [4.69, 9.17) is 0 Å². The van der Waals surface area contributed by atoms with Crippen molar-refractivity contribution in [2.75, 3.05) is 0 Å². The summed E-state index contributed by atoms with van der Waals surface area (Å²) in [5.74, 6) is -0.439. The SMILES string of the molecule is O=C(N[C@H](c1cccnc1)C(F)(F)F)c1cn(CC2CCCCC2)nn1. The molecule has 3 rings (SSSR count). The Bertz CT molecular complexity index is 725. The number of carbonyl (C=O) groups is 1. The van der Waals surface area contributed by atoms with Crippen LogP contribution in [0.1, 0.15) is 54.2 Å². The molecule has 6 nitrogen and oxygen atoms in total. The second-order valence-corrected chi connectivity index (χ2v) is 6.56. The van der Waals surface area contributed by atoms with Crippen LogP contribution in [0, 0.1) is 5.92 Å². The van der Waals surface area contributed by atoms with Gasteiger partial charge in [0.15, 0.2) is 11.7 Å². The number of amides is 1. The largest absolute Gasteiger partial charge is 0.412 e. The van der Waals surface area contributed by atoms with Gasteiger partial charge in [0, 0.05) is 24.5 Å². The van der Waals surface area contributed by atoms with E-state index in [0.717, 1.165) is 19.0 Å². The summed E-state index contributed by atoms with van der Waals surface area (Å²) in [6.07, 6.45) is 4.98. The van der Waals surface area contributed by atoms with E-state index in [2.05, 4.69) is 15.3 Å². The van der Waals surface area contributed by atoms with Crippen LogP contribution in [-0.4, -0.2) is 32.1 Å². The summed E-state index contributed by atoms with van der Waals surface area (Å²) < 4.78 is 41.5. The first-order chi connectivity index (χ1) is 12.4. The predicted molar refractivity (Wildman–Crippen MR) is 87.1 cm³/mol. The molecule has 26 heavy (non-hydrogen) atoms. The molecule has 0 aromatic carbocycles. The van der Waals surface area contributed by atoms with Crippen molar-refractivity contribution in [3.05, 3.63) is 42.0 Å². The number of nitrogens with one attached hydrogen (secondary N) is 1. The molecule has 1 amide bonds. The second-order valence-electron chi connectivity index (χ2n) is 6.56. The minimum atomic E-state index is -4.64. The molecule has 2 heterocycles. The highest BCUT2D eigenvalue weighted by Crippen LogP contribution is 2.32. The van der Waals surface area contributed by atoms with Crippen molar-refractivity contribution in [3.8, 4) is 0 Å². The molecule has 0 unspecified atom stereocenters. The molecule has 1 aliphatic carbocycles. The zero-order valence-electron chi connectivity index (χ0n) is 14.1. The number of hydrogen-bond donors (Lipinski definition) is 1. The molecule has 2 aromatic rings. The van der Waals surface area contributed by atoms with Crippen LogP contribution < -0.4 is 5.32 Å². The maximum Gasteiger partial charge on any atom is 0.412 e. The molecule has 1 N–H and O–H groups in total. The standard InChI is InChI=1S/C17H20F3N5O/c18-17(19,20)15(13-7-4-8-21-9-13)22-16(26)14-11-25(24-23-14)10-12-5-2-1-3-6-12/h4,7-9,11-12,15H,1-3,5-6,10H2,(H,22,26)/t15-/m1/s1. The van der Waals surface area contributed by atoms with Gasteiger partial charge in [-0.2, -0.15) is 13.2 Å². The van der Waals surface area contributed by atoms with Gasteiger partial charge in [-0.1, -0.05) is 30.5 Å². The lowest BCUT2D eigenvalue weighted by Crippen LogP contribution is -2.38. The average molecular weight is 367 g/mol. The van der Waals surface area contributed by atoms with Crippen LogP contribution in [-0.2, 0) is 6.54 Å². The minimum absolute atomic E-state index is 0.126. The van der Waals surface area contributed by atoms with Crippen LogP contribution >= 0.6 is 0 Å². The molecule has 0 spiro atoms. The topological polar surface area (TPSA) is 72.7 Å². The van der Waals surface area contributed by atoms with Crippen LogP contribution in [0.4, 0.5) is 13.2 Å². The van der Waals surface area contributed by atoms with Gasteiger partial charge in [-0.25, -0.2) is 0 Å². The molecular weight excluding hydrogens is 347 g/mol. The third kappa shape index (κ3) is 4.59. The van der Waals surface area contributed by atoms with Crippen molar-refractivity contribution < 1.29 is 18.0 Å². The van der Waals surface area contributed by atoms with Crippen molar-refractivity contribution in [1.29, 1.82) is 0 Å². The number of pyridine rings is 1. The lowest BCUT2D eigenvalue weighted by molar-refractivity contribution is -0.155. The van der Waals surface area contributed by atoms with Crippen LogP contribution in [0.15, 0.2) is 30.7 Å². The first-order valence-corrected chi connectivity index (χ1v) is 8.61. The zero-order valence-corrected chi connectivity index (χ0v) is 14.1. The van der Waals surface area contributed by atoms with Crippen molar-refractivity contribution in [1.82, 2.24) is 25.3 Å². The first kappa shape index (κ1) is 18.3. The maximum absolute atomic E-state index is 13.3. The Morgan fingerprint density at radius 3 is 2.73 bits per heavy atom. The number of halogens is 3. The van der Waals surface area contributed by atoms with Gasteiger partial charge in [-0.05, 0) is 24.8 Å². The van der Waals surface area contributed by atoms with E-state index in [1.54, 1.807) is 0 Å². The van der Waals surface area contributed by atoms with E-state index in [9.17, 15) is 18.0 Å². The summed E-state index contributed by atoms with van der Waals surface area (Å²) in [4.78, 5) is 15.9. The summed E-state index contributed by atoms with van der Waals surface area (Å²) in [6.45, 7) is 0.631. The Hall–Kier alpha value is -2.45. The second kappa shape index (κ2) is 7.84. The predicted octanol–water partition coefficient (Wildman–Crippen LogP) is 3.29. The third-order valence-electron chi connectivity index (χ3n) is 4.56. The molecule has 140 valence electrons. The number of hydrogen-bond acceptors (Lipinski definition) is 4. The highest BCUT2D eigenvalue weighted by Gasteiger charge is 2.42. The Kier molecular flexibility index (Phi) is 5.53. The van der Waals surface area contributed by atoms with Crippen LogP contribution in [0.5, 0.6) is 0 Å². The van der Waals surface area contributed by atoms with Crippen molar-refractivity contribution >= 4 is 5.91 Å². The molecule has 9 heteroatoms. The van der Waals surface area contributed by atoms with E-state index in [1.807, 2.05) is 5.32 Å². The van der Waals surface area contributed by atoms with Gasteiger partial charge < -0.3 is 5.32 Å². The molecule has 1 fully saturated rings. The fraction of sp³-hybridized carbons (Fsp3) is 0.529. The van der Waals surface area contributed by atoms with Gasteiger partial charge in [0.1, 0.15) is 0 Å². The van der Waals surface area contributed by atoms with Crippen LogP contribution in [0.25, 0.3) is 0 Å². The summed E-state index contributed by atoms with van der Waals surface area (Å²) in [5.41, 5.74) is -0.262. The monoisotopic (exact) mass is 367 g/mol. The van der Waals surface area contributed by atoms with E-state index >= 15 is 0 Å². The molecule has 0 radical (unpaired) electrons. The molecule has 0 bridgehead atoms. The van der Waals surface area contributed by atoms with Gasteiger partial charge >= 0.3 is 6.18 Å². The number of carbonyl (C=O) groups excluding carboxylic acids is 1. The number of aromatic nitrogens is 4. The first-order valence-electron chi connectivity index (χ1n) is 8.61. The third-order valence-corrected chi connectivity index (χ3v) is 4.56. The molecule has 0 saturated heterocycles. The maximum atomic E-state index is 13.3. The van der Waals surface area contributed by atoms with E-state index in [0.29, 0.717) is 12.5 Å². The number of nitrogens with zero attached hydrogens (tertiary/aromatic N) is 4. The van der Waals surface area contributed by atoms with Gasteiger partial charge in [0.2, 0.25) is 0 Å². The van der Waals surface area contributed by atoms with Crippen LogP contribution in [0.2, 0.25) is 0 Å². The Labute approximate surface area is 148 Å². The molecule has 0 aliphatic heterocycles. The summed E-state index contributed by atoms with van der Waals surface area (Å²) in [7, 11) is 0. The molecule has 1 atom stereocenters. The quantitative estimate of drug-likeness (QED) is 0.880. The van der Waals surface area contributed by atoms with Crippen LogP contribution in [0.3, 0.4) is 0 Å². The summed E-state index contributed by atoms with van der Waals surface area (Å²) in [6, 6.07) is 0.513. The molecule has 2 aromatic heterocycles. The van der Waals surface area contributed by atoms with Gasteiger partial charge in [0.05, 0.1) is 6.20 Å². The van der Waals surface area contributed by atoms with Crippen molar-refractivity contribution in [2.24, 2.45) is 5.92 Å². The Morgan fingerprint density at radius 2 is 2.08 bits per heavy atom. The molecular formula is C17H20F3N5O. The van der Waals surface area contributed by atoms with Gasteiger partial charge in [-0.15, -0.1) is 5.10 Å². The highest BCUT2D eigenvalue weighted by molar-refractivity contribution is 5.92. The number of rotatable bonds is 5. The molecule has 1 aliphatic rings. The Morgan fingerprint density at radius 1 is 1.31 bits per heavy atom. The van der Waals surface area contributed by atoms with Crippen molar-refractivity contribution in [3.63, 3.8) is 0 Å². The van der Waals surface area contributed by atoms with Gasteiger partial charge in [-0.3, -0.25) is 14.5 Å². The summed E-state index contributed by atoms with van der Waals surface area (Å²) >= 11 is 0. The highest BCUT2D eigenvalue weighted by atomic mass is 19.4. The smallest absolute Gasteiger partial charge is 0.335 e.